The summed E-state index contributed by atoms with van der Waals surface area (Å²) in [6.45, 7) is 5.44. The third-order valence-electron chi connectivity index (χ3n) is 4.65. The van der Waals surface area contributed by atoms with Crippen LogP contribution in [0.15, 0.2) is 24.3 Å². The highest BCUT2D eigenvalue weighted by Gasteiger charge is 2.27. The molecule has 1 aliphatic heterocycles. The maximum Gasteiger partial charge on any atom is 0.243 e. The van der Waals surface area contributed by atoms with Crippen LogP contribution in [0.3, 0.4) is 0 Å². The molecule has 25 heavy (non-hydrogen) atoms. The zero-order chi connectivity index (χ0) is 17.8. The average Bonchev–Trinajstić information content (AvgIpc) is 2.94. The number of nitrogens with one attached hydrogen (secondary N) is 1. The monoisotopic (exact) mass is 359 g/mol. The summed E-state index contributed by atoms with van der Waals surface area (Å²) in [5, 5.41) is 3.53. The lowest BCUT2D eigenvalue weighted by molar-refractivity contribution is -0.119. The second-order valence-electron chi connectivity index (χ2n) is 6.66. The van der Waals surface area contributed by atoms with E-state index in [0.29, 0.717) is 18.3 Å². The number of hydrogen-bond donors (Lipinski definition) is 2. The first-order chi connectivity index (χ1) is 12.0. The van der Waals surface area contributed by atoms with Gasteiger partial charge in [0.2, 0.25) is 5.91 Å². The van der Waals surface area contributed by atoms with Gasteiger partial charge in [0.15, 0.2) is 5.13 Å². The van der Waals surface area contributed by atoms with Gasteiger partial charge in [-0.3, -0.25) is 4.79 Å². The average molecular weight is 359 g/mol. The molecule has 3 rings (SSSR count). The van der Waals surface area contributed by atoms with Gasteiger partial charge in [-0.15, -0.1) is 11.3 Å². The number of aromatic nitrogens is 1. The van der Waals surface area contributed by atoms with Crippen molar-refractivity contribution in [2.75, 3.05) is 18.5 Å². The van der Waals surface area contributed by atoms with Crippen LogP contribution in [-0.2, 0) is 16.0 Å². The van der Waals surface area contributed by atoms with Crippen LogP contribution in [0, 0.1) is 19.8 Å². The number of ether oxygens (including phenoxy) is 1. The lowest BCUT2D eigenvalue weighted by atomic mass is 9.92. The van der Waals surface area contributed by atoms with Crippen LogP contribution in [0.5, 0.6) is 0 Å². The number of nitrogens with two attached hydrogens (primary N) is 1. The van der Waals surface area contributed by atoms with Crippen molar-refractivity contribution in [1.82, 2.24) is 4.98 Å². The molecule has 1 aromatic heterocycles. The Morgan fingerprint density at radius 3 is 2.88 bits per heavy atom. The summed E-state index contributed by atoms with van der Waals surface area (Å²) in [5.41, 5.74) is 9.59. The summed E-state index contributed by atoms with van der Waals surface area (Å²) in [5.74, 6) is 0.0318. The number of amides is 1. The predicted octanol–water partition coefficient (Wildman–Crippen LogP) is 3.04. The predicted molar refractivity (Wildman–Crippen MR) is 101 cm³/mol. The van der Waals surface area contributed by atoms with Crippen molar-refractivity contribution in [2.24, 2.45) is 11.7 Å². The minimum atomic E-state index is -0.506. The van der Waals surface area contributed by atoms with E-state index >= 15 is 0 Å². The van der Waals surface area contributed by atoms with Crippen LogP contribution in [-0.4, -0.2) is 30.1 Å². The number of aryl methyl sites for hydroxylation is 2. The first-order valence-corrected chi connectivity index (χ1v) is 9.50. The van der Waals surface area contributed by atoms with Crippen LogP contribution in [0.4, 0.5) is 5.13 Å². The molecule has 6 heteroatoms. The molecule has 0 spiro atoms. The zero-order valence-electron chi connectivity index (χ0n) is 14.7. The summed E-state index contributed by atoms with van der Waals surface area (Å²) in [4.78, 5) is 18.1. The first kappa shape index (κ1) is 18.0. The SMILES string of the molecule is Cc1cccc(Cc2sc(NC(=O)C(N)C3CCOCC3)nc2C)c1. The highest BCUT2D eigenvalue weighted by molar-refractivity contribution is 7.15. The molecule has 5 nitrogen and oxygen atoms in total. The molecule has 2 heterocycles. The molecule has 134 valence electrons. The van der Waals surface area contributed by atoms with E-state index in [0.717, 1.165) is 25.0 Å². The van der Waals surface area contributed by atoms with Crippen molar-refractivity contribution in [3.8, 4) is 0 Å². The zero-order valence-corrected chi connectivity index (χ0v) is 15.6. The van der Waals surface area contributed by atoms with Gasteiger partial charge in [0.25, 0.3) is 0 Å². The summed E-state index contributed by atoms with van der Waals surface area (Å²) in [6, 6.07) is 7.95. The Hall–Kier alpha value is -1.76. The maximum atomic E-state index is 12.4. The molecule has 1 fully saturated rings. The van der Waals surface area contributed by atoms with Gasteiger partial charge >= 0.3 is 0 Å². The molecule has 1 saturated heterocycles. The highest BCUT2D eigenvalue weighted by Crippen LogP contribution is 2.26. The number of carbonyl (C=O) groups excluding carboxylic acids is 1. The Bertz CT molecular complexity index is 738. The second-order valence-corrected chi connectivity index (χ2v) is 7.74. The lowest BCUT2D eigenvalue weighted by Crippen LogP contribution is -2.43. The van der Waals surface area contributed by atoms with E-state index in [4.69, 9.17) is 10.5 Å². The molecule has 1 unspecified atom stereocenters. The van der Waals surface area contributed by atoms with Gasteiger partial charge in [-0.25, -0.2) is 4.98 Å². The van der Waals surface area contributed by atoms with E-state index in [2.05, 4.69) is 41.5 Å². The summed E-state index contributed by atoms with van der Waals surface area (Å²) < 4.78 is 5.33. The summed E-state index contributed by atoms with van der Waals surface area (Å²) >= 11 is 1.53. The number of hydrogen-bond acceptors (Lipinski definition) is 5. The van der Waals surface area contributed by atoms with Gasteiger partial charge in [-0.2, -0.15) is 0 Å². The van der Waals surface area contributed by atoms with Gasteiger partial charge in [-0.05, 0) is 38.2 Å². The van der Waals surface area contributed by atoms with Crippen molar-refractivity contribution in [1.29, 1.82) is 0 Å². The second kappa shape index (κ2) is 8.08. The fraction of sp³-hybridized carbons (Fsp3) is 0.474. The third kappa shape index (κ3) is 4.66. The van der Waals surface area contributed by atoms with Gasteiger partial charge in [0.05, 0.1) is 11.7 Å². The van der Waals surface area contributed by atoms with Crippen LogP contribution in [0.1, 0.15) is 34.5 Å². The van der Waals surface area contributed by atoms with E-state index < -0.39 is 6.04 Å². The number of thiazole rings is 1. The lowest BCUT2D eigenvalue weighted by Gasteiger charge is -2.26. The van der Waals surface area contributed by atoms with Crippen molar-refractivity contribution < 1.29 is 9.53 Å². The molecule has 0 bridgehead atoms. The number of rotatable bonds is 5. The molecule has 2 aromatic rings. The Labute approximate surface area is 152 Å². The van der Waals surface area contributed by atoms with Crippen LogP contribution in [0.2, 0.25) is 0 Å². The van der Waals surface area contributed by atoms with Crippen LogP contribution >= 0.6 is 11.3 Å². The van der Waals surface area contributed by atoms with Crippen LogP contribution in [0.25, 0.3) is 0 Å². The topological polar surface area (TPSA) is 77.2 Å². The van der Waals surface area contributed by atoms with Crippen molar-refractivity contribution in [2.45, 2.75) is 39.2 Å². The van der Waals surface area contributed by atoms with Gasteiger partial charge in [0, 0.05) is 24.5 Å². The number of anilines is 1. The number of nitrogens with zero attached hydrogens (tertiary/aromatic N) is 1. The highest BCUT2D eigenvalue weighted by atomic mass is 32.1. The Balaban J connectivity index is 1.64. The standard InChI is InChI=1S/C19H25N3O2S/c1-12-4-3-5-14(10-12)11-16-13(2)21-19(25-16)22-18(23)17(20)15-6-8-24-9-7-15/h3-5,10,15,17H,6-9,11,20H2,1-2H3,(H,21,22,23). The Morgan fingerprint density at radius 1 is 1.40 bits per heavy atom. The molecule has 1 amide bonds. The van der Waals surface area contributed by atoms with Crippen LogP contribution < -0.4 is 11.1 Å². The van der Waals surface area contributed by atoms with E-state index in [1.807, 2.05) is 6.92 Å². The maximum absolute atomic E-state index is 12.4. The molecule has 0 radical (unpaired) electrons. The molecule has 0 saturated carbocycles. The molecule has 1 atom stereocenters. The van der Waals surface area contributed by atoms with Crippen molar-refractivity contribution in [3.05, 3.63) is 46.0 Å². The number of carbonyl (C=O) groups is 1. The van der Waals surface area contributed by atoms with E-state index in [9.17, 15) is 4.79 Å². The first-order valence-electron chi connectivity index (χ1n) is 8.69. The Kier molecular flexibility index (Phi) is 5.83. The van der Waals surface area contributed by atoms with E-state index in [1.165, 1.54) is 27.3 Å². The molecule has 3 N–H and O–H groups in total. The quantitative estimate of drug-likeness (QED) is 0.860. The fourth-order valence-corrected chi connectivity index (χ4v) is 4.13. The molecular weight excluding hydrogens is 334 g/mol. The van der Waals surface area contributed by atoms with Gasteiger partial charge < -0.3 is 15.8 Å². The third-order valence-corrected chi connectivity index (χ3v) is 5.72. The van der Waals surface area contributed by atoms with E-state index in [1.54, 1.807) is 0 Å². The Morgan fingerprint density at radius 2 is 2.16 bits per heavy atom. The normalized spacial score (nSPS) is 16.6. The van der Waals surface area contributed by atoms with Gasteiger partial charge in [0.1, 0.15) is 0 Å². The van der Waals surface area contributed by atoms with Crippen molar-refractivity contribution >= 4 is 22.4 Å². The number of benzene rings is 1. The molecule has 0 aliphatic carbocycles. The summed E-state index contributed by atoms with van der Waals surface area (Å²) in [6.07, 6.45) is 2.50. The molecule has 1 aliphatic rings. The fourth-order valence-electron chi connectivity index (χ4n) is 3.13. The summed E-state index contributed by atoms with van der Waals surface area (Å²) in [7, 11) is 0. The minimum Gasteiger partial charge on any atom is -0.381 e. The molecular formula is C19H25N3O2S. The largest absolute Gasteiger partial charge is 0.381 e. The van der Waals surface area contributed by atoms with Crippen molar-refractivity contribution in [3.63, 3.8) is 0 Å². The smallest absolute Gasteiger partial charge is 0.243 e. The minimum absolute atomic E-state index is 0.150. The van der Waals surface area contributed by atoms with E-state index in [-0.39, 0.29) is 11.8 Å². The van der Waals surface area contributed by atoms with Gasteiger partial charge in [-0.1, -0.05) is 29.8 Å². The molecule has 1 aromatic carbocycles.